The van der Waals surface area contributed by atoms with Crippen molar-refractivity contribution in [3.05, 3.63) is 59.8 Å². The molecule has 0 atom stereocenters. The Morgan fingerprint density at radius 2 is 1.91 bits per heavy atom. The Labute approximate surface area is 138 Å². The normalized spacial score (nSPS) is 11.4. The molecule has 0 spiro atoms. The SMILES string of the molecule is COc1ccc(Cl)cc1NS(=O)(=O)c1cccc2cccnc12. The number of para-hydroxylation sites is 1. The van der Waals surface area contributed by atoms with E-state index < -0.39 is 10.0 Å². The first kappa shape index (κ1) is 15.6. The van der Waals surface area contributed by atoms with Crippen LogP contribution in [0.25, 0.3) is 10.9 Å². The molecular weight excluding hydrogens is 336 g/mol. The van der Waals surface area contributed by atoms with Gasteiger partial charge >= 0.3 is 0 Å². The molecule has 0 radical (unpaired) electrons. The Hall–Kier alpha value is -2.31. The molecule has 3 aromatic rings. The number of rotatable bonds is 4. The molecule has 0 amide bonds. The molecule has 0 aliphatic rings. The number of aromatic nitrogens is 1. The minimum Gasteiger partial charge on any atom is -0.495 e. The van der Waals surface area contributed by atoms with Crippen LogP contribution >= 0.6 is 11.6 Å². The molecule has 0 unspecified atom stereocenters. The number of anilines is 1. The summed E-state index contributed by atoms with van der Waals surface area (Å²) >= 11 is 5.94. The Morgan fingerprint density at radius 1 is 1.13 bits per heavy atom. The van der Waals surface area contributed by atoms with Crippen molar-refractivity contribution in [1.29, 1.82) is 0 Å². The van der Waals surface area contributed by atoms with Crippen LogP contribution in [0.15, 0.2) is 59.6 Å². The van der Waals surface area contributed by atoms with Crippen LogP contribution < -0.4 is 9.46 Å². The van der Waals surface area contributed by atoms with Crippen LogP contribution in [0.4, 0.5) is 5.69 Å². The van der Waals surface area contributed by atoms with Crippen LogP contribution in [-0.4, -0.2) is 20.5 Å². The minimum atomic E-state index is -3.84. The van der Waals surface area contributed by atoms with Gasteiger partial charge in [0.1, 0.15) is 10.6 Å². The average molecular weight is 349 g/mol. The maximum absolute atomic E-state index is 12.7. The third-order valence-corrected chi connectivity index (χ3v) is 4.92. The molecule has 0 saturated heterocycles. The number of sulfonamides is 1. The summed E-state index contributed by atoms with van der Waals surface area (Å²) in [6.45, 7) is 0. The van der Waals surface area contributed by atoms with Gasteiger partial charge in [-0.05, 0) is 30.3 Å². The maximum atomic E-state index is 12.7. The van der Waals surface area contributed by atoms with Crippen LogP contribution in [0.1, 0.15) is 0 Å². The van der Waals surface area contributed by atoms with Gasteiger partial charge in [0.25, 0.3) is 10.0 Å². The molecule has 0 saturated carbocycles. The van der Waals surface area contributed by atoms with Gasteiger partial charge in [-0.15, -0.1) is 0 Å². The Balaban J connectivity index is 2.10. The van der Waals surface area contributed by atoms with Crippen molar-refractivity contribution < 1.29 is 13.2 Å². The number of benzene rings is 2. The molecule has 2 aromatic carbocycles. The zero-order valence-electron chi connectivity index (χ0n) is 12.2. The second-order valence-corrected chi connectivity index (χ2v) is 6.87. The molecule has 1 N–H and O–H groups in total. The second kappa shape index (κ2) is 6.06. The summed E-state index contributed by atoms with van der Waals surface area (Å²) in [5, 5.41) is 1.15. The van der Waals surface area contributed by atoms with Crippen LogP contribution in [0, 0.1) is 0 Å². The van der Waals surface area contributed by atoms with E-state index in [2.05, 4.69) is 9.71 Å². The monoisotopic (exact) mass is 348 g/mol. The van der Waals surface area contributed by atoms with E-state index >= 15 is 0 Å². The fourth-order valence-electron chi connectivity index (χ4n) is 2.25. The van der Waals surface area contributed by atoms with E-state index in [1.54, 1.807) is 42.6 Å². The lowest BCUT2D eigenvalue weighted by molar-refractivity contribution is 0.417. The summed E-state index contributed by atoms with van der Waals surface area (Å²) in [7, 11) is -2.38. The molecule has 0 bridgehead atoms. The van der Waals surface area contributed by atoms with Gasteiger partial charge < -0.3 is 4.74 Å². The van der Waals surface area contributed by atoms with Crippen molar-refractivity contribution in [2.75, 3.05) is 11.8 Å². The van der Waals surface area contributed by atoms with E-state index in [-0.39, 0.29) is 10.6 Å². The zero-order chi connectivity index (χ0) is 16.4. The second-order valence-electron chi connectivity index (χ2n) is 4.78. The molecule has 7 heteroatoms. The molecular formula is C16H13ClN2O3S. The highest BCUT2D eigenvalue weighted by atomic mass is 35.5. The van der Waals surface area contributed by atoms with Gasteiger partial charge in [-0.2, -0.15) is 0 Å². The highest BCUT2D eigenvalue weighted by Crippen LogP contribution is 2.31. The first-order valence-corrected chi connectivity index (χ1v) is 8.57. The minimum absolute atomic E-state index is 0.0950. The van der Waals surface area contributed by atoms with Gasteiger partial charge in [0, 0.05) is 16.6 Å². The summed E-state index contributed by atoms with van der Waals surface area (Å²) < 4.78 is 33.2. The molecule has 1 heterocycles. The van der Waals surface area contributed by atoms with Crippen molar-refractivity contribution in [3.63, 3.8) is 0 Å². The smallest absolute Gasteiger partial charge is 0.264 e. The van der Waals surface area contributed by atoms with Crippen LogP contribution in [0.2, 0.25) is 5.02 Å². The summed E-state index contributed by atoms with van der Waals surface area (Å²) in [5.41, 5.74) is 0.677. The van der Waals surface area contributed by atoms with Gasteiger partial charge in [0.2, 0.25) is 0 Å². The number of hydrogen-bond donors (Lipinski definition) is 1. The molecule has 0 fully saturated rings. The Bertz CT molecular complexity index is 969. The van der Waals surface area contributed by atoms with Gasteiger partial charge in [0.15, 0.2) is 0 Å². The van der Waals surface area contributed by atoms with Crippen molar-refractivity contribution in [1.82, 2.24) is 4.98 Å². The largest absolute Gasteiger partial charge is 0.495 e. The number of halogens is 1. The Morgan fingerprint density at radius 3 is 2.70 bits per heavy atom. The standard InChI is InChI=1S/C16H13ClN2O3S/c1-22-14-8-7-12(17)10-13(14)19-23(20,21)15-6-2-4-11-5-3-9-18-16(11)15/h2-10,19H,1H3. The fraction of sp³-hybridized carbons (Fsp3) is 0.0625. The average Bonchev–Trinajstić information content (AvgIpc) is 2.54. The first-order chi connectivity index (χ1) is 11.0. The number of methoxy groups -OCH3 is 1. The molecule has 1 aromatic heterocycles. The molecule has 0 aliphatic heterocycles. The molecule has 118 valence electrons. The Kier molecular flexibility index (Phi) is 4.11. The van der Waals surface area contributed by atoms with E-state index in [0.29, 0.717) is 16.3 Å². The zero-order valence-corrected chi connectivity index (χ0v) is 13.7. The van der Waals surface area contributed by atoms with Crippen molar-refractivity contribution in [3.8, 4) is 5.75 Å². The molecule has 23 heavy (non-hydrogen) atoms. The van der Waals surface area contributed by atoms with Crippen LogP contribution in [0.3, 0.4) is 0 Å². The van der Waals surface area contributed by atoms with E-state index in [0.717, 1.165) is 5.39 Å². The number of pyridine rings is 1. The lowest BCUT2D eigenvalue weighted by Crippen LogP contribution is -2.14. The number of fused-ring (bicyclic) bond motifs is 1. The topological polar surface area (TPSA) is 68.3 Å². The number of ether oxygens (including phenoxy) is 1. The molecule has 5 nitrogen and oxygen atoms in total. The number of nitrogens with zero attached hydrogens (tertiary/aromatic N) is 1. The lowest BCUT2D eigenvalue weighted by atomic mass is 10.2. The van der Waals surface area contributed by atoms with Crippen LogP contribution in [0.5, 0.6) is 5.75 Å². The summed E-state index contributed by atoms with van der Waals surface area (Å²) in [4.78, 5) is 4.27. The van der Waals surface area contributed by atoms with Gasteiger partial charge in [-0.25, -0.2) is 8.42 Å². The first-order valence-electron chi connectivity index (χ1n) is 6.71. The van der Waals surface area contributed by atoms with Crippen molar-refractivity contribution in [2.45, 2.75) is 4.90 Å². The predicted octanol–water partition coefficient (Wildman–Crippen LogP) is 3.70. The van der Waals surface area contributed by atoms with Gasteiger partial charge in [0.05, 0.1) is 18.3 Å². The van der Waals surface area contributed by atoms with E-state index in [9.17, 15) is 8.42 Å². The van der Waals surface area contributed by atoms with E-state index in [1.807, 2.05) is 0 Å². The molecule has 0 aliphatic carbocycles. The summed E-state index contributed by atoms with van der Waals surface area (Å²) in [6, 6.07) is 13.3. The van der Waals surface area contributed by atoms with E-state index in [1.165, 1.54) is 19.2 Å². The van der Waals surface area contributed by atoms with Crippen LogP contribution in [-0.2, 0) is 10.0 Å². The fourth-order valence-corrected chi connectivity index (χ4v) is 3.67. The summed E-state index contributed by atoms with van der Waals surface area (Å²) in [5.74, 6) is 0.381. The summed E-state index contributed by atoms with van der Waals surface area (Å²) in [6.07, 6.45) is 1.56. The van der Waals surface area contributed by atoms with Crippen molar-refractivity contribution >= 4 is 38.2 Å². The molecule has 3 rings (SSSR count). The highest BCUT2D eigenvalue weighted by Gasteiger charge is 2.20. The third kappa shape index (κ3) is 3.09. The lowest BCUT2D eigenvalue weighted by Gasteiger charge is -2.13. The third-order valence-electron chi connectivity index (χ3n) is 3.29. The maximum Gasteiger partial charge on any atom is 0.264 e. The predicted molar refractivity (Wildman–Crippen MR) is 90.6 cm³/mol. The van der Waals surface area contributed by atoms with E-state index in [4.69, 9.17) is 16.3 Å². The number of hydrogen-bond acceptors (Lipinski definition) is 4. The number of nitrogens with one attached hydrogen (secondary N) is 1. The quantitative estimate of drug-likeness (QED) is 0.780. The van der Waals surface area contributed by atoms with Gasteiger partial charge in [-0.3, -0.25) is 9.71 Å². The highest BCUT2D eigenvalue weighted by molar-refractivity contribution is 7.93. The van der Waals surface area contributed by atoms with Gasteiger partial charge in [-0.1, -0.05) is 29.8 Å². The van der Waals surface area contributed by atoms with Crippen molar-refractivity contribution in [2.24, 2.45) is 0 Å².